The van der Waals surface area contributed by atoms with E-state index in [0.29, 0.717) is 24.6 Å². The summed E-state index contributed by atoms with van der Waals surface area (Å²) < 4.78 is 62.5. The number of halogens is 3. The van der Waals surface area contributed by atoms with Crippen molar-refractivity contribution in [3.63, 3.8) is 0 Å². The van der Waals surface area contributed by atoms with E-state index in [2.05, 4.69) is 14.8 Å². The lowest BCUT2D eigenvalue weighted by Crippen LogP contribution is -2.50. The maximum absolute atomic E-state index is 12.9. The molecule has 0 atom stereocenters. The summed E-state index contributed by atoms with van der Waals surface area (Å²) in [6.07, 6.45) is -2.55. The quantitative estimate of drug-likeness (QED) is 0.749. The normalized spacial score (nSPS) is 22.4. The Morgan fingerprint density at radius 1 is 1.07 bits per heavy atom. The van der Waals surface area contributed by atoms with E-state index in [1.54, 1.807) is 0 Å². The van der Waals surface area contributed by atoms with Gasteiger partial charge in [-0.2, -0.15) is 13.2 Å². The molecule has 0 radical (unpaired) electrons. The third-order valence-electron chi connectivity index (χ3n) is 5.33. The van der Waals surface area contributed by atoms with Crippen molar-refractivity contribution in [2.24, 2.45) is 0 Å². The molecular weight excluding hydrogens is 399 g/mol. The number of benzene rings is 1. The van der Waals surface area contributed by atoms with Crippen LogP contribution in [0.2, 0.25) is 0 Å². The van der Waals surface area contributed by atoms with Crippen molar-refractivity contribution < 1.29 is 21.6 Å². The Morgan fingerprint density at radius 3 is 2.37 bits per heavy atom. The highest BCUT2D eigenvalue weighted by atomic mass is 32.2. The van der Waals surface area contributed by atoms with Gasteiger partial charge in [-0.05, 0) is 31.0 Å². The van der Waals surface area contributed by atoms with Crippen molar-refractivity contribution in [2.45, 2.75) is 25.1 Å². The number of piperidine rings is 1. The van der Waals surface area contributed by atoms with Gasteiger partial charge in [0.25, 0.3) is 0 Å². The van der Waals surface area contributed by atoms with Gasteiger partial charge in [-0.15, -0.1) is 0 Å². The molecule has 0 aliphatic carbocycles. The van der Waals surface area contributed by atoms with E-state index in [-0.39, 0.29) is 11.5 Å². The predicted octanol–water partition coefficient (Wildman–Crippen LogP) is 3.01. The molecule has 0 amide bonds. The zero-order valence-corrected chi connectivity index (χ0v) is 16.2. The first kappa shape index (κ1) is 18.9. The van der Waals surface area contributed by atoms with Gasteiger partial charge in [0, 0.05) is 32.2 Å². The van der Waals surface area contributed by atoms with Crippen LogP contribution in [-0.2, 0) is 16.0 Å². The number of aromatic nitrogens is 1. The van der Waals surface area contributed by atoms with E-state index in [1.807, 2.05) is 0 Å². The highest BCUT2D eigenvalue weighted by Crippen LogP contribution is 2.36. The fraction of sp³-hybridized carbons (Fsp3) is 0.588. The summed E-state index contributed by atoms with van der Waals surface area (Å²) in [7, 11) is -2.88. The Balaban J connectivity index is 1.42. The molecule has 2 aliphatic heterocycles. The fourth-order valence-electron chi connectivity index (χ4n) is 3.74. The van der Waals surface area contributed by atoms with E-state index in [4.69, 9.17) is 0 Å². The number of rotatable bonds is 2. The summed E-state index contributed by atoms with van der Waals surface area (Å²) >= 11 is 1.41. The average molecular weight is 419 g/mol. The van der Waals surface area contributed by atoms with Crippen LogP contribution in [0.1, 0.15) is 18.4 Å². The van der Waals surface area contributed by atoms with Crippen LogP contribution >= 0.6 is 11.3 Å². The zero-order chi connectivity index (χ0) is 19.2. The number of fused-ring (bicyclic) bond motifs is 1. The van der Waals surface area contributed by atoms with Crippen molar-refractivity contribution in [3.05, 3.63) is 23.8 Å². The summed E-state index contributed by atoms with van der Waals surface area (Å²) in [5, 5.41) is 0.754. The monoisotopic (exact) mass is 419 g/mol. The maximum atomic E-state index is 12.9. The molecule has 0 bridgehead atoms. The van der Waals surface area contributed by atoms with Gasteiger partial charge in [-0.3, -0.25) is 4.90 Å². The second-order valence-corrected chi connectivity index (χ2v) is 10.4. The van der Waals surface area contributed by atoms with Gasteiger partial charge in [0.2, 0.25) is 0 Å². The first-order chi connectivity index (χ1) is 12.7. The molecule has 2 aromatic rings. The number of hydrogen-bond acceptors (Lipinski definition) is 6. The molecule has 0 unspecified atom stereocenters. The van der Waals surface area contributed by atoms with Crippen molar-refractivity contribution >= 4 is 36.5 Å². The highest BCUT2D eigenvalue weighted by molar-refractivity contribution is 7.91. The van der Waals surface area contributed by atoms with Gasteiger partial charge in [0.1, 0.15) is 0 Å². The van der Waals surface area contributed by atoms with Crippen LogP contribution in [0, 0.1) is 0 Å². The fourth-order valence-corrected chi connectivity index (χ4v) is 5.97. The Kier molecular flexibility index (Phi) is 4.84. The van der Waals surface area contributed by atoms with Gasteiger partial charge in [-0.1, -0.05) is 11.3 Å². The van der Waals surface area contributed by atoms with Gasteiger partial charge in [0.05, 0.1) is 27.3 Å². The Labute approximate surface area is 159 Å². The summed E-state index contributed by atoms with van der Waals surface area (Å²) in [5.41, 5.74) is -0.293. The number of nitrogens with zero attached hydrogens (tertiary/aromatic N) is 3. The van der Waals surface area contributed by atoms with Crippen molar-refractivity contribution in [1.82, 2.24) is 9.88 Å². The lowest BCUT2D eigenvalue weighted by molar-refractivity contribution is -0.137. The molecule has 1 aromatic heterocycles. The van der Waals surface area contributed by atoms with Crippen LogP contribution in [0.25, 0.3) is 10.2 Å². The summed E-state index contributed by atoms with van der Waals surface area (Å²) in [6, 6.07) is 4.06. The van der Waals surface area contributed by atoms with Crippen LogP contribution < -0.4 is 4.90 Å². The van der Waals surface area contributed by atoms with E-state index in [1.165, 1.54) is 17.4 Å². The Bertz CT molecular complexity index is 921. The minimum Gasteiger partial charge on any atom is -0.348 e. The van der Waals surface area contributed by atoms with Gasteiger partial charge in [-0.25, -0.2) is 13.4 Å². The number of thiazole rings is 1. The smallest absolute Gasteiger partial charge is 0.348 e. The molecule has 10 heteroatoms. The second kappa shape index (κ2) is 6.89. The third-order valence-corrected chi connectivity index (χ3v) is 8.04. The largest absolute Gasteiger partial charge is 0.416 e. The molecule has 1 aromatic carbocycles. The number of alkyl halides is 3. The summed E-state index contributed by atoms with van der Waals surface area (Å²) in [5.74, 6) is 0.458. The molecular formula is C17H20F3N3O2S2. The van der Waals surface area contributed by atoms with Crippen LogP contribution in [0.4, 0.5) is 18.3 Å². The molecule has 2 saturated heterocycles. The summed E-state index contributed by atoms with van der Waals surface area (Å²) in [4.78, 5) is 8.80. The van der Waals surface area contributed by atoms with Crippen molar-refractivity contribution in [2.75, 3.05) is 42.6 Å². The minimum absolute atomic E-state index is 0.229. The number of hydrogen-bond donors (Lipinski definition) is 0. The first-order valence-corrected chi connectivity index (χ1v) is 11.5. The minimum atomic E-state index is -4.36. The van der Waals surface area contributed by atoms with E-state index < -0.39 is 21.6 Å². The van der Waals surface area contributed by atoms with E-state index in [0.717, 1.165) is 47.9 Å². The topological polar surface area (TPSA) is 53.5 Å². The molecule has 2 fully saturated rings. The van der Waals surface area contributed by atoms with E-state index >= 15 is 0 Å². The molecule has 3 heterocycles. The lowest BCUT2D eigenvalue weighted by Gasteiger charge is -2.39. The van der Waals surface area contributed by atoms with Crippen LogP contribution in [0.5, 0.6) is 0 Å². The Hall–Kier alpha value is -1.39. The molecule has 0 saturated carbocycles. The molecule has 5 nitrogen and oxygen atoms in total. The van der Waals surface area contributed by atoms with Crippen LogP contribution in [0.3, 0.4) is 0 Å². The molecule has 148 valence electrons. The Morgan fingerprint density at radius 2 is 1.74 bits per heavy atom. The highest BCUT2D eigenvalue weighted by Gasteiger charge is 2.32. The van der Waals surface area contributed by atoms with Crippen molar-refractivity contribution in [3.8, 4) is 0 Å². The standard InChI is InChI=1S/C17H20F3N3O2S2/c18-17(19,20)12-1-2-15-14(11-12)21-16(26-15)23-5-3-13(4-6-23)22-7-9-27(24,25)10-8-22/h1-2,11,13H,3-10H2. The first-order valence-electron chi connectivity index (χ1n) is 8.88. The lowest BCUT2D eigenvalue weighted by atomic mass is 10.0. The average Bonchev–Trinajstić information content (AvgIpc) is 3.04. The predicted molar refractivity (Wildman–Crippen MR) is 100 cm³/mol. The zero-order valence-electron chi connectivity index (χ0n) is 14.6. The number of anilines is 1. The van der Waals surface area contributed by atoms with E-state index in [9.17, 15) is 21.6 Å². The van der Waals surface area contributed by atoms with Gasteiger partial charge in [0.15, 0.2) is 15.0 Å². The summed E-state index contributed by atoms with van der Waals surface area (Å²) in [6.45, 7) is 2.74. The molecule has 27 heavy (non-hydrogen) atoms. The van der Waals surface area contributed by atoms with Gasteiger partial charge < -0.3 is 4.90 Å². The third kappa shape index (κ3) is 4.07. The van der Waals surface area contributed by atoms with Crippen LogP contribution in [-0.4, -0.2) is 62.0 Å². The molecule has 4 rings (SSSR count). The SMILES string of the molecule is O=S1(=O)CCN(C2CCN(c3nc4cc(C(F)(F)F)ccc4s3)CC2)CC1. The van der Waals surface area contributed by atoms with Crippen LogP contribution in [0.15, 0.2) is 18.2 Å². The molecule has 0 spiro atoms. The molecule has 2 aliphatic rings. The maximum Gasteiger partial charge on any atom is 0.416 e. The molecule has 0 N–H and O–H groups in total. The number of sulfone groups is 1. The van der Waals surface area contributed by atoms with Gasteiger partial charge >= 0.3 is 6.18 Å². The second-order valence-electron chi connectivity index (χ2n) is 7.08. The van der Waals surface area contributed by atoms with Crippen molar-refractivity contribution in [1.29, 1.82) is 0 Å².